The molecule has 0 fully saturated rings. The Kier molecular flexibility index (Phi) is 3.30. The fourth-order valence-electron chi connectivity index (χ4n) is 2.58. The fourth-order valence-corrected chi connectivity index (χ4v) is 2.58. The molecule has 0 aliphatic rings. The van der Waals surface area contributed by atoms with Crippen LogP contribution in [-0.4, -0.2) is 0 Å². The van der Waals surface area contributed by atoms with Crippen LogP contribution in [0.2, 0.25) is 0 Å². The van der Waals surface area contributed by atoms with Gasteiger partial charge in [0.2, 0.25) is 0 Å². The van der Waals surface area contributed by atoms with Crippen molar-refractivity contribution < 1.29 is 0 Å². The van der Waals surface area contributed by atoms with E-state index in [1.54, 1.807) is 0 Å². The zero-order valence-corrected chi connectivity index (χ0v) is 11.8. The van der Waals surface area contributed by atoms with Gasteiger partial charge in [-0.25, -0.2) is 0 Å². The zero-order valence-electron chi connectivity index (χ0n) is 11.8. The molecule has 94 valence electrons. The highest BCUT2D eigenvalue weighted by atomic mass is 14.4. The van der Waals surface area contributed by atoms with Crippen LogP contribution in [0.4, 0.5) is 0 Å². The maximum absolute atomic E-state index is 2.34. The molecule has 0 saturated heterocycles. The summed E-state index contributed by atoms with van der Waals surface area (Å²) in [7, 11) is 0. The van der Waals surface area contributed by atoms with E-state index in [2.05, 4.69) is 88.4 Å². The van der Waals surface area contributed by atoms with Gasteiger partial charge in [-0.1, -0.05) is 88.4 Å². The molecule has 0 spiro atoms. The van der Waals surface area contributed by atoms with Crippen LogP contribution < -0.4 is 0 Å². The maximum atomic E-state index is 2.34. The van der Waals surface area contributed by atoms with Crippen LogP contribution >= 0.6 is 0 Å². The van der Waals surface area contributed by atoms with Gasteiger partial charge in [-0.2, -0.15) is 0 Å². The van der Waals surface area contributed by atoms with Gasteiger partial charge in [0, 0.05) is 5.41 Å². The zero-order chi connectivity index (χ0) is 13.2. The third-order valence-electron chi connectivity index (χ3n) is 4.20. The molecule has 0 heteroatoms. The summed E-state index contributed by atoms with van der Waals surface area (Å²) < 4.78 is 0. The average Bonchev–Trinajstić information content (AvgIpc) is 2.38. The van der Waals surface area contributed by atoms with Crippen LogP contribution in [0.15, 0.2) is 60.7 Å². The quantitative estimate of drug-likeness (QED) is 0.687. The minimum Gasteiger partial charge on any atom is -0.0622 e. The molecular weight excluding hydrogens is 216 g/mol. The minimum atomic E-state index is 0.0233. The lowest BCUT2D eigenvalue weighted by atomic mass is 9.60. The second-order valence-electron chi connectivity index (χ2n) is 6.11. The second kappa shape index (κ2) is 4.61. The van der Waals surface area contributed by atoms with E-state index in [1.807, 2.05) is 0 Å². The molecule has 0 aliphatic carbocycles. The van der Waals surface area contributed by atoms with E-state index in [1.165, 1.54) is 11.1 Å². The highest BCUT2D eigenvalue weighted by molar-refractivity contribution is 5.40. The SMILES string of the molecule is CC(C)(C)C(C)(c1ccccc1)c1ccccc1. The third-order valence-corrected chi connectivity index (χ3v) is 4.20. The van der Waals surface area contributed by atoms with Gasteiger partial charge < -0.3 is 0 Å². The number of hydrogen-bond acceptors (Lipinski definition) is 0. The lowest BCUT2D eigenvalue weighted by molar-refractivity contribution is 0.249. The molecule has 0 amide bonds. The highest BCUT2D eigenvalue weighted by Crippen LogP contribution is 2.46. The van der Waals surface area contributed by atoms with Crippen molar-refractivity contribution in [2.75, 3.05) is 0 Å². The van der Waals surface area contributed by atoms with Gasteiger partial charge in [-0.05, 0) is 16.5 Å². The number of hydrogen-bond donors (Lipinski definition) is 0. The summed E-state index contributed by atoms with van der Waals surface area (Å²) in [6.07, 6.45) is 0. The Bertz CT molecular complexity index is 449. The van der Waals surface area contributed by atoms with Crippen molar-refractivity contribution >= 4 is 0 Å². The molecule has 0 bridgehead atoms. The standard InChI is InChI=1S/C18H22/c1-17(2,3)18(4,15-11-7-5-8-12-15)16-13-9-6-10-14-16/h5-14H,1-4H3. The second-order valence-corrected chi connectivity index (χ2v) is 6.11. The molecule has 0 saturated carbocycles. The monoisotopic (exact) mass is 238 g/mol. The number of rotatable bonds is 2. The highest BCUT2D eigenvalue weighted by Gasteiger charge is 2.40. The van der Waals surface area contributed by atoms with Crippen molar-refractivity contribution in [3.8, 4) is 0 Å². The first-order valence-electron chi connectivity index (χ1n) is 6.57. The third kappa shape index (κ3) is 2.08. The fraction of sp³-hybridized carbons (Fsp3) is 0.333. The first-order chi connectivity index (χ1) is 8.46. The molecule has 0 unspecified atom stereocenters. The van der Waals surface area contributed by atoms with Gasteiger partial charge in [-0.3, -0.25) is 0 Å². The maximum Gasteiger partial charge on any atom is 0.0223 e. The van der Waals surface area contributed by atoms with E-state index < -0.39 is 0 Å². The normalized spacial score (nSPS) is 12.4. The Morgan fingerprint density at radius 3 is 1.17 bits per heavy atom. The van der Waals surface area contributed by atoms with Gasteiger partial charge in [0.15, 0.2) is 0 Å². The van der Waals surface area contributed by atoms with Crippen LogP contribution in [-0.2, 0) is 5.41 Å². The van der Waals surface area contributed by atoms with Gasteiger partial charge in [-0.15, -0.1) is 0 Å². The van der Waals surface area contributed by atoms with E-state index in [0.717, 1.165) is 0 Å². The van der Waals surface area contributed by atoms with Crippen molar-refractivity contribution in [3.63, 3.8) is 0 Å². The number of benzene rings is 2. The van der Waals surface area contributed by atoms with Gasteiger partial charge in [0.1, 0.15) is 0 Å². The van der Waals surface area contributed by atoms with Gasteiger partial charge in [0.05, 0.1) is 0 Å². The van der Waals surface area contributed by atoms with Crippen molar-refractivity contribution in [1.29, 1.82) is 0 Å². The van der Waals surface area contributed by atoms with Crippen LogP contribution in [0.5, 0.6) is 0 Å². The van der Waals surface area contributed by atoms with Crippen LogP contribution in [0.3, 0.4) is 0 Å². The first-order valence-corrected chi connectivity index (χ1v) is 6.57. The molecule has 0 N–H and O–H groups in total. The lowest BCUT2D eigenvalue weighted by Crippen LogP contribution is -2.38. The van der Waals surface area contributed by atoms with E-state index in [4.69, 9.17) is 0 Å². The van der Waals surface area contributed by atoms with E-state index in [0.29, 0.717) is 0 Å². The predicted molar refractivity (Wildman–Crippen MR) is 78.8 cm³/mol. The van der Waals surface area contributed by atoms with Crippen LogP contribution in [0.1, 0.15) is 38.8 Å². The summed E-state index contributed by atoms with van der Waals surface area (Å²) in [5.41, 5.74) is 2.94. The molecule has 0 heterocycles. The van der Waals surface area contributed by atoms with E-state index in [9.17, 15) is 0 Å². The molecular formula is C18H22. The smallest absolute Gasteiger partial charge is 0.0223 e. The summed E-state index contributed by atoms with van der Waals surface area (Å²) in [6, 6.07) is 21.6. The molecule has 2 rings (SSSR count). The predicted octanol–water partition coefficient (Wildman–Crippen LogP) is 5.04. The topological polar surface area (TPSA) is 0 Å². The Hall–Kier alpha value is -1.56. The molecule has 0 aliphatic heterocycles. The first kappa shape index (κ1) is 12.9. The summed E-state index contributed by atoms with van der Waals surface area (Å²) >= 11 is 0. The molecule has 18 heavy (non-hydrogen) atoms. The van der Waals surface area contributed by atoms with Gasteiger partial charge >= 0.3 is 0 Å². The Balaban J connectivity index is 2.63. The van der Waals surface area contributed by atoms with Gasteiger partial charge in [0.25, 0.3) is 0 Å². The molecule has 2 aromatic carbocycles. The molecule has 0 radical (unpaired) electrons. The van der Waals surface area contributed by atoms with Crippen molar-refractivity contribution in [1.82, 2.24) is 0 Å². The van der Waals surface area contributed by atoms with Crippen molar-refractivity contribution in [2.24, 2.45) is 5.41 Å². The van der Waals surface area contributed by atoms with E-state index in [-0.39, 0.29) is 10.8 Å². The molecule has 0 aromatic heterocycles. The summed E-state index contributed by atoms with van der Waals surface area (Å²) in [4.78, 5) is 0. The average molecular weight is 238 g/mol. The van der Waals surface area contributed by atoms with Crippen LogP contribution in [0.25, 0.3) is 0 Å². The van der Waals surface area contributed by atoms with E-state index >= 15 is 0 Å². The minimum absolute atomic E-state index is 0.0233. The van der Waals surface area contributed by atoms with Crippen molar-refractivity contribution in [3.05, 3.63) is 71.8 Å². The summed E-state index contributed by atoms with van der Waals surface area (Å²) in [5.74, 6) is 0. The Morgan fingerprint density at radius 2 is 0.889 bits per heavy atom. The van der Waals surface area contributed by atoms with Crippen LogP contribution in [0, 0.1) is 5.41 Å². The molecule has 0 atom stereocenters. The largest absolute Gasteiger partial charge is 0.0622 e. The molecule has 2 aromatic rings. The lowest BCUT2D eigenvalue weighted by Gasteiger charge is -2.43. The Morgan fingerprint density at radius 1 is 0.556 bits per heavy atom. The summed E-state index contributed by atoms with van der Waals surface area (Å²) in [6.45, 7) is 9.28. The van der Waals surface area contributed by atoms with Crippen molar-refractivity contribution in [2.45, 2.75) is 33.1 Å². The Labute approximate surface area is 111 Å². The molecule has 0 nitrogen and oxygen atoms in total. The summed E-state index contributed by atoms with van der Waals surface area (Å²) in [5, 5.41) is 0.